The molecular weight excluding hydrogens is 314 g/mol. The van der Waals surface area contributed by atoms with E-state index in [9.17, 15) is 18.3 Å². The summed E-state index contributed by atoms with van der Waals surface area (Å²) in [5, 5.41) is 12.0. The van der Waals surface area contributed by atoms with Crippen LogP contribution >= 0.6 is 11.3 Å². The van der Waals surface area contributed by atoms with E-state index in [1.54, 1.807) is 13.0 Å². The highest BCUT2D eigenvalue weighted by Gasteiger charge is 2.19. The molecule has 0 saturated heterocycles. The van der Waals surface area contributed by atoms with Crippen LogP contribution < -0.4 is 10.0 Å². The number of nitrogens with zero attached hydrogens (tertiary/aromatic N) is 1. The molecule has 0 bridgehead atoms. The lowest BCUT2D eigenvalue weighted by Crippen LogP contribution is -2.12. The van der Waals surface area contributed by atoms with E-state index in [1.165, 1.54) is 19.1 Å². The maximum absolute atomic E-state index is 12.2. The van der Waals surface area contributed by atoms with Crippen LogP contribution in [0.15, 0.2) is 28.6 Å². The third kappa shape index (κ3) is 3.70. The van der Waals surface area contributed by atoms with Crippen LogP contribution in [0.5, 0.6) is 5.75 Å². The number of thiazole rings is 1. The molecule has 9 heteroatoms. The summed E-state index contributed by atoms with van der Waals surface area (Å²) in [5.74, 6) is -0.369. The molecule has 0 atom stereocenters. The summed E-state index contributed by atoms with van der Waals surface area (Å²) in [7, 11) is -3.82. The molecule has 1 aromatic carbocycles. The van der Waals surface area contributed by atoms with Crippen LogP contribution in [0.4, 0.5) is 10.8 Å². The Morgan fingerprint density at radius 1 is 1.38 bits per heavy atom. The number of hydrogen-bond donors (Lipinski definition) is 3. The Bertz CT molecular complexity index is 784. The number of anilines is 2. The highest BCUT2D eigenvalue weighted by molar-refractivity contribution is 7.94. The average molecular weight is 327 g/mol. The third-order valence-electron chi connectivity index (χ3n) is 2.50. The van der Waals surface area contributed by atoms with Gasteiger partial charge in [-0.25, -0.2) is 13.4 Å². The topological polar surface area (TPSA) is 108 Å². The first kappa shape index (κ1) is 15.3. The fourth-order valence-corrected chi connectivity index (χ4v) is 3.71. The SMILES string of the molecule is CC(=O)Nc1ncc(S(=O)(=O)Nc2cc(O)ccc2C)s1. The predicted octanol–water partition coefficient (Wildman–Crippen LogP) is 1.92. The molecule has 21 heavy (non-hydrogen) atoms. The summed E-state index contributed by atoms with van der Waals surface area (Å²) in [6, 6.07) is 4.39. The third-order valence-corrected chi connectivity index (χ3v) is 5.24. The van der Waals surface area contributed by atoms with Gasteiger partial charge in [0.25, 0.3) is 10.0 Å². The number of sulfonamides is 1. The van der Waals surface area contributed by atoms with Gasteiger partial charge in [-0.1, -0.05) is 17.4 Å². The van der Waals surface area contributed by atoms with Gasteiger partial charge in [-0.2, -0.15) is 0 Å². The largest absolute Gasteiger partial charge is 0.508 e. The number of phenolic OH excluding ortho intramolecular Hbond substituents is 1. The van der Waals surface area contributed by atoms with Gasteiger partial charge in [0.2, 0.25) is 5.91 Å². The lowest BCUT2D eigenvalue weighted by molar-refractivity contribution is -0.114. The van der Waals surface area contributed by atoms with Crippen molar-refractivity contribution in [3.05, 3.63) is 30.0 Å². The minimum absolute atomic E-state index is 0.0333. The van der Waals surface area contributed by atoms with Crippen LogP contribution in [0.2, 0.25) is 0 Å². The molecule has 2 aromatic rings. The molecule has 0 aliphatic carbocycles. The molecule has 3 N–H and O–H groups in total. The van der Waals surface area contributed by atoms with Crippen molar-refractivity contribution in [1.29, 1.82) is 0 Å². The van der Waals surface area contributed by atoms with Gasteiger partial charge in [-0.15, -0.1) is 0 Å². The molecule has 1 amide bonds. The highest BCUT2D eigenvalue weighted by atomic mass is 32.2. The molecule has 112 valence electrons. The van der Waals surface area contributed by atoms with Gasteiger partial charge in [0.05, 0.1) is 11.9 Å². The minimum Gasteiger partial charge on any atom is -0.508 e. The number of hydrogen-bond acceptors (Lipinski definition) is 6. The Hall–Kier alpha value is -2.13. The number of amides is 1. The van der Waals surface area contributed by atoms with Crippen LogP contribution in [0.25, 0.3) is 0 Å². The van der Waals surface area contributed by atoms with E-state index in [0.717, 1.165) is 17.5 Å². The second kappa shape index (κ2) is 5.70. The molecular formula is C12H13N3O4S2. The number of carbonyl (C=O) groups excluding carboxylic acids is 1. The number of rotatable bonds is 4. The summed E-state index contributed by atoms with van der Waals surface area (Å²) < 4.78 is 26.8. The summed E-state index contributed by atoms with van der Waals surface area (Å²) >= 11 is 0.841. The molecule has 0 aliphatic heterocycles. The van der Waals surface area contributed by atoms with Crippen LogP contribution in [0.3, 0.4) is 0 Å². The van der Waals surface area contributed by atoms with E-state index in [2.05, 4.69) is 15.0 Å². The van der Waals surface area contributed by atoms with Crippen molar-refractivity contribution in [2.45, 2.75) is 18.1 Å². The number of aryl methyl sites for hydroxylation is 1. The summed E-state index contributed by atoms with van der Waals surface area (Å²) in [6.45, 7) is 3.02. The van der Waals surface area contributed by atoms with Gasteiger partial charge >= 0.3 is 0 Å². The normalized spacial score (nSPS) is 11.1. The maximum atomic E-state index is 12.2. The Morgan fingerprint density at radius 3 is 2.76 bits per heavy atom. The lowest BCUT2D eigenvalue weighted by atomic mass is 10.2. The summed E-state index contributed by atoms with van der Waals surface area (Å²) in [4.78, 5) is 14.7. The van der Waals surface area contributed by atoms with Gasteiger partial charge < -0.3 is 10.4 Å². The van der Waals surface area contributed by atoms with E-state index < -0.39 is 10.0 Å². The molecule has 0 spiro atoms. The molecule has 1 aromatic heterocycles. The Labute approximate surface area is 125 Å². The molecule has 7 nitrogen and oxygen atoms in total. The number of carbonyl (C=O) groups is 1. The standard InChI is InChI=1S/C12H13N3O4S2/c1-7-3-4-9(17)5-10(7)15-21(18,19)11-6-13-12(20-11)14-8(2)16/h3-6,15,17H,1-2H3,(H,13,14,16). The molecule has 0 fully saturated rings. The monoisotopic (exact) mass is 327 g/mol. The van der Waals surface area contributed by atoms with Gasteiger partial charge in [0.15, 0.2) is 9.34 Å². The molecule has 0 radical (unpaired) electrons. The van der Waals surface area contributed by atoms with Crippen LogP contribution in [0.1, 0.15) is 12.5 Å². The number of phenols is 1. The predicted molar refractivity (Wildman–Crippen MR) is 80.1 cm³/mol. The number of benzene rings is 1. The minimum atomic E-state index is -3.82. The van der Waals surface area contributed by atoms with Crippen molar-refractivity contribution in [2.24, 2.45) is 0 Å². The summed E-state index contributed by atoms with van der Waals surface area (Å²) in [5.41, 5.74) is 0.951. The van der Waals surface area contributed by atoms with Gasteiger partial charge in [0.1, 0.15) is 5.75 Å². The lowest BCUT2D eigenvalue weighted by Gasteiger charge is -2.09. The number of aromatic hydroxyl groups is 1. The van der Waals surface area contributed by atoms with Crippen LogP contribution in [0, 0.1) is 6.92 Å². The molecule has 0 unspecified atom stereocenters. The molecule has 2 rings (SSSR count). The van der Waals surface area contributed by atoms with Gasteiger partial charge in [-0.3, -0.25) is 9.52 Å². The first-order valence-corrected chi connectivity index (χ1v) is 8.14. The van der Waals surface area contributed by atoms with Crippen molar-refractivity contribution in [3.63, 3.8) is 0 Å². The Kier molecular flexibility index (Phi) is 4.14. The molecule has 0 saturated carbocycles. The van der Waals surface area contributed by atoms with Crippen molar-refractivity contribution in [1.82, 2.24) is 4.98 Å². The Morgan fingerprint density at radius 2 is 2.10 bits per heavy atom. The highest BCUT2D eigenvalue weighted by Crippen LogP contribution is 2.27. The van der Waals surface area contributed by atoms with E-state index in [0.29, 0.717) is 5.56 Å². The maximum Gasteiger partial charge on any atom is 0.273 e. The van der Waals surface area contributed by atoms with Crippen molar-refractivity contribution < 1.29 is 18.3 Å². The summed E-state index contributed by atoms with van der Waals surface area (Å²) in [6.07, 6.45) is 1.16. The Balaban J connectivity index is 2.28. The zero-order valence-corrected chi connectivity index (χ0v) is 12.9. The molecule has 0 aliphatic rings. The van der Waals surface area contributed by atoms with E-state index in [4.69, 9.17) is 0 Å². The fourth-order valence-electron chi connectivity index (χ4n) is 1.51. The molecule has 1 heterocycles. The van der Waals surface area contributed by atoms with E-state index in [1.807, 2.05) is 0 Å². The van der Waals surface area contributed by atoms with Crippen LogP contribution in [-0.4, -0.2) is 24.4 Å². The smallest absolute Gasteiger partial charge is 0.273 e. The van der Waals surface area contributed by atoms with E-state index in [-0.39, 0.29) is 26.7 Å². The second-order valence-corrected chi connectivity index (χ2v) is 7.21. The van der Waals surface area contributed by atoms with Crippen molar-refractivity contribution in [2.75, 3.05) is 10.0 Å². The van der Waals surface area contributed by atoms with E-state index >= 15 is 0 Å². The van der Waals surface area contributed by atoms with Crippen molar-refractivity contribution in [3.8, 4) is 5.75 Å². The number of nitrogens with one attached hydrogen (secondary N) is 2. The zero-order chi connectivity index (χ0) is 15.6. The second-order valence-electron chi connectivity index (χ2n) is 4.27. The van der Waals surface area contributed by atoms with Crippen LogP contribution in [-0.2, 0) is 14.8 Å². The number of aromatic nitrogens is 1. The van der Waals surface area contributed by atoms with Crippen molar-refractivity contribution >= 4 is 38.1 Å². The fraction of sp³-hybridized carbons (Fsp3) is 0.167. The average Bonchev–Trinajstić information content (AvgIpc) is 2.82. The first-order valence-electron chi connectivity index (χ1n) is 5.84. The van der Waals surface area contributed by atoms with Gasteiger partial charge in [-0.05, 0) is 18.6 Å². The zero-order valence-electron chi connectivity index (χ0n) is 11.2. The van der Waals surface area contributed by atoms with Gasteiger partial charge in [0, 0.05) is 13.0 Å². The quantitative estimate of drug-likeness (QED) is 0.795. The first-order chi connectivity index (χ1) is 9.78.